The van der Waals surface area contributed by atoms with E-state index < -0.39 is 0 Å². The molecule has 0 saturated carbocycles. The lowest BCUT2D eigenvalue weighted by Crippen LogP contribution is -1.95. The average Bonchev–Trinajstić information content (AvgIpc) is 2.93. The molecule has 4 heteroatoms. The van der Waals surface area contributed by atoms with Crippen LogP contribution in [0.2, 0.25) is 5.02 Å². The van der Waals surface area contributed by atoms with Crippen molar-refractivity contribution in [2.45, 2.75) is 13.8 Å². The van der Waals surface area contributed by atoms with Gasteiger partial charge in [-0.15, -0.1) is 0 Å². The molecule has 0 aliphatic carbocycles. The highest BCUT2D eigenvalue weighted by atomic mass is 35.5. The molecule has 0 fully saturated rings. The van der Waals surface area contributed by atoms with Gasteiger partial charge < -0.3 is 4.57 Å². The Labute approximate surface area is 134 Å². The Morgan fingerprint density at radius 3 is 2.41 bits per heavy atom. The fourth-order valence-corrected chi connectivity index (χ4v) is 2.99. The van der Waals surface area contributed by atoms with Gasteiger partial charge in [0.05, 0.1) is 11.6 Å². The lowest BCUT2D eigenvalue weighted by molar-refractivity contribution is 0.975. The second-order valence-corrected chi connectivity index (χ2v) is 5.56. The van der Waals surface area contributed by atoms with Crippen LogP contribution in [-0.2, 0) is 0 Å². The summed E-state index contributed by atoms with van der Waals surface area (Å²) in [7, 11) is 0. The van der Waals surface area contributed by atoms with Gasteiger partial charge in [-0.3, -0.25) is 0 Å². The van der Waals surface area contributed by atoms with Crippen LogP contribution in [0.4, 0.5) is 0 Å². The van der Waals surface area contributed by atoms with Crippen molar-refractivity contribution < 1.29 is 0 Å². The Balaban J connectivity index is 2.04. The normalized spacial score (nSPS) is 10.5. The number of hydrogen-bond donors (Lipinski definition) is 0. The van der Waals surface area contributed by atoms with Crippen molar-refractivity contribution in [3.8, 4) is 22.9 Å². The summed E-state index contributed by atoms with van der Waals surface area (Å²) in [4.78, 5) is 4.23. The van der Waals surface area contributed by atoms with Gasteiger partial charge in [0.25, 0.3) is 0 Å². The largest absolute Gasteiger partial charge is 0.304 e. The fraction of sp³-hybridized carbons (Fsp3) is 0.111. The minimum absolute atomic E-state index is 0.580. The molecule has 0 atom stereocenters. The van der Waals surface area contributed by atoms with E-state index in [1.54, 1.807) is 12.3 Å². The Kier molecular flexibility index (Phi) is 3.70. The zero-order chi connectivity index (χ0) is 15.7. The number of aryl methyl sites for hydroxylation is 2. The molecule has 22 heavy (non-hydrogen) atoms. The number of hydrogen-bond acceptors (Lipinski definition) is 2. The van der Waals surface area contributed by atoms with Crippen LogP contribution < -0.4 is 0 Å². The van der Waals surface area contributed by atoms with Crippen LogP contribution in [0.5, 0.6) is 0 Å². The van der Waals surface area contributed by atoms with E-state index in [1.165, 1.54) is 0 Å². The van der Waals surface area contributed by atoms with E-state index in [2.05, 4.69) is 11.1 Å². The molecule has 0 unspecified atom stereocenters. The van der Waals surface area contributed by atoms with Crippen molar-refractivity contribution in [3.05, 3.63) is 70.8 Å². The standard InChI is InChI=1S/C18H14ClN3/c1-12-9-14(11-20)10-17(19)18(12)15-3-5-16(6-4-15)22-8-7-21-13(22)2/h3-10H,1-2H3. The smallest absolute Gasteiger partial charge is 0.110 e. The van der Waals surface area contributed by atoms with Gasteiger partial charge in [0.2, 0.25) is 0 Å². The van der Waals surface area contributed by atoms with E-state index in [-0.39, 0.29) is 0 Å². The summed E-state index contributed by atoms with van der Waals surface area (Å²) in [5.41, 5.74) is 4.64. The summed E-state index contributed by atoms with van der Waals surface area (Å²) in [6, 6.07) is 13.8. The molecule has 0 aliphatic rings. The molecule has 3 rings (SSSR count). The molecule has 0 N–H and O–H groups in total. The summed E-state index contributed by atoms with van der Waals surface area (Å²) in [6.45, 7) is 3.94. The lowest BCUT2D eigenvalue weighted by Gasteiger charge is -2.11. The number of benzene rings is 2. The first-order chi connectivity index (χ1) is 10.6. The number of halogens is 1. The topological polar surface area (TPSA) is 41.6 Å². The van der Waals surface area contributed by atoms with E-state index in [4.69, 9.17) is 16.9 Å². The van der Waals surface area contributed by atoms with Crippen LogP contribution in [0.15, 0.2) is 48.8 Å². The Bertz CT molecular complexity index is 847. The van der Waals surface area contributed by atoms with Gasteiger partial charge in [0.1, 0.15) is 5.82 Å². The maximum absolute atomic E-state index is 9.00. The molecule has 3 nitrogen and oxygen atoms in total. The van der Waals surface area contributed by atoms with Crippen molar-refractivity contribution in [2.75, 3.05) is 0 Å². The van der Waals surface area contributed by atoms with Gasteiger partial charge >= 0.3 is 0 Å². The van der Waals surface area contributed by atoms with Crippen LogP contribution in [0.25, 0.3) is 16.8 Å². The molecule has 2 aromatic carbocycles. The van der Waals surface area contributed by atoms with Gasteiger partial charge in [-0.05, 0) is 49.2 Å². The summed E-state index contributed by atoms with van der Waals surface area (Å²) in [5, 5.41) is 9.60. The maximum atomic E-state index is 9.00. The SMILES string of the molecule is Cc1cc(C#N)cc(Cl)c1-c1ccc(-n2ccnc2C)cc1. The van der Waals surface area contributed by atoms with Gasteiger partial charge in [0.15, 0.2) is 0 Å². The first-order valence-electron chi connectivity index (χ1n) is 6.91. The predicted octanol–water partition coefficient (Wildman–Crippen LogP) is 4.68. The van der Waals surface area contributed by atoms with Crippen LogP contribution in [0.3, 0.4) is 0 Å². The third-order valence-electron chi connectivity index (χ3n) is 3.68. The van der Waals surface area contributed by atoms with Crippen molar-refractivity contribution in [1.29, 1.82) is 5.26 Å². The minimum Gasteiger partial charge on any atom is -0.304 e. The van der Waals surface area contributed by atoms with Crippen molar-refractivity contribution in [1.82, 2.24) is 9.55 Å². The van der Waals surface area contributed by atoms with Gasteiger partial charge in [0, 0.05) is 28.7 Å². The third kappa shape index (κ3) is 2.49. The first kappa shape index (κ1) is 14.4. The summed E-state index contributed by atoms with van der Waals surface area (Å²) >= 11 is 6.35. The Morgan fingerprint density at radius 2 is 1.86 bits per heavy atom. The molecule has 0 aliphatic heterocycles. The molecule has 0 radical (unpaired) electrons. The second-order valence-electron chi connectivity index (χ2n) is 5.15. The van der Waals surface area contributed by atoms with E-state index in [1.807, 2.05) is 54.9 Å². The number of aromatic nitrogens is 2. The van der Waals surface area contributed by atoms with Crippen LogP contribution in [0, 0.1) is 25.2 Å². The number of rotatable bonds is 2. The monoisotopic (exact) mass is 307 g/mol. The third-order valence-corrected chi connectivity index (χ3v) is 3.97. The predicted molar refractivity (Wildman–Crippen MR) is 88.2 cm³/mol. The summed E-state index contributed by atoms with van der Waals surface area (Å²) < 4.78 is 2.02. The summed E-state index contributed by atoms with van der Waals surface area (Å²) in [5.74, 6) is 0.945. The second kappa shape index (κ2) is 5.67. The van der Waals surface area contributed by atoms with E-state index in [0.717, 1.165) is 28.2 Å². The molecular formula is C18H14ClN3. The molecule has 0 amide bonds. The Morgan fingerprint density at radius 1 is 1.14 bits per heavy atom. The molecule has 0 spiro atoms. The van der Waals surface area contributed by atoms with Crippen LogP contribution in [-0.4, -0.2) is 9.55 Å². The number of nitriles is 1. The van der Waals surface area contributed by atoms with Gasteiger partial charge in [-0.1, -0.05) is 23.7 Å². The Hall–Kier alpha value is -2.57. The first-order valence-corrected chi connectivity index (χ1v) is 7.29. The molecule has 108 valence electrons. The average molecular weight is 308 g/mol. The van der Waals surface area contributed by atoms with Crippen molar-refractivity contribution in [2.24, 2.45) is 0 Å². The quantitative estimate of drug-likeness (QED) is 0.689. The van der Waals surface area contributed by atoms with Crippen molar-refractivity contribution >= 4 is 11.6 Å². The van der Waals surface area contributed by atoms with E-state index >= 15 is 0 Å². The molecule has 1 aromatic heterocycles. The highest BCUT2D eigenvalue weighted by Crippen LogP contribution is 2.32. The summed E-state index contributed by atoms with van der Waals surface area (Å²) in [6.07, 6.45) is 3.72. The molecular weight excluding hydrogens is 294 g/mol. The highest BCUT2D eigenvalue weighted by molar-refractivity contribution is 6.33. The van der Waals surface area contributed by atoms with Gasteiger partial charge in [-0.25, -0.2) is 4.98 Å². The fourth-order valence-electron chi connectivity index (χ4n) is 2.61. The molecule has 0 saturated heterocycles. The van der Waals surface area contributed by atoms with Crippen LogP contribution in [0.1, 0.15) is 17.0 Å². The maximum Gasteiger partial charge on any atom is 0.110 e. The zero-order valence-electron chi connectivity index (χ0n) is 12.3. The van der Waals surface area contributed by atoms with Gasteiger partial charge in [-0.2, -0.15) is 5.26 Å². The number of imidazole rings is 1. The van der Waals surface area contributed by atoms with E-state index in [9.17, 15) is 0 Å². The lowest BCUT2D eigenvalue weighted by atomic mass is 9.98. The number of nitrogens with zero attached hydrogens (tertiary/aromatic N) is 3. The molecule has 3 aromatic rings. The van der Waals surface area contributed by atoms with E-state index in [0.29, 0.717) is 10.6 Å². The van der Waals surface area contributed by atoms with Crippen LogP contribution >= 0.6 is 11.6 Å². The zero-order valence-corrected chi connectivity index (χ0v) is 13.1. The highest BCUT2D eigenvalue weighted by Gasteiger charge is 2.10. The van der Waals surface area contributed by atoms with Crippen molar-refractivity contribution in [3.63, 3.8) is 0 Å². The molecule has 1 heterocycles. The minimum atomic E-state index is 0.580. The molecule has 0 bridgehead atoms.